The van der Waals surface area contributed by atoms with Crippen molar-refractivity contribution in [1.29, 1.82) is 0 Å². The Morgan fingerprint density at radius 1 is 1.17 bits per heavy atom. The normalized spacial score (nSPS) is 29.9. The number of nitrogens with zero attached hydrogens (tertiary/aromatic N) is 5. The summed E-state index contributed by atoms with van der Waals surface area (Å²) in [5.74, 6) is 1.63. The number of aromatic nitrogens is 2. The lowest BCUT2D eigenvalue weighted by Crippen LogP contribution is -2.65. The Labute approximate surface area is 176 Å². The minimum absolute atomic E-state index is 0.343. The maximum atomic E-state index is 13.2. The number of likely N-dealkylation sites (N-methyl/N-ethyl adjacent to an activating group) is 1. The van der Waals surface area contributed by atoms with Crippen molar-refractivity contribution in [2.45, 2.75) is 64.5 Å². The lowest BCUT2D eigenvalue weighted by atomic mass is 9.72. The average molecular weight is 402 g/mol. The number of rotatable bonds is 5. The van der Waals surface area contributed by atoms with Crippen LogP contribution in [0.4, 0.5) is 0 Å². The van der Waals surface area contributed by atoms with Crippen molar-refractivity contribution < 1.29 is 4.79 Å². The standard InChI is InChI=1S/C23H39N5O/c1-16-20(17(2)26(5)24-16)9-10-23(29)27-13-18-12-19(14-27)22(15-25(3)4)28-11-7-6-8-21(18)28/h18-19,21-22H,6-15H2,1-5H3/t18-,19+,21+,22+/m1/s1. The van der Waals surface area contributed by atoms with Gasteiger partial charge < -0.3 is 9.80 Å². The Hall–Kier alpha value is -1.40. The Bertz CT molecular complexity index is 742. The van der Waals surface area contributed by atoms with Crippen LogP contribution in [0.1, 0.15) is 49.1 Å². The second-order valence-corrected chi connectivity index (χ2v) is 9.96. The number of aryl methyl sites for hydroxylation is 2. The minimum atomic E-state index is 0.343. The topological polar surface area (TPSA) is 44.6 Å². The lowest BCUT2D eigenvalue weighted by molar-refractivity contribution is -0.141. The molecule has 162 valence electrons. The van der Waals surface area contributed by atoms with Crippen LogP contribution < -0.4 is 0 Å². The first-order chi connectivity index (χ1) is 13.8. The van der Waals surface area contributed by atoms with Gasteiger partial charge in [-0.25, -0.2) is 0 Å². The maximum Gasteiger partial charge on any atom is 0.222 e. The molecule has 0 aliphatic carbocycles. The minimum Gasteiger partial charge on any atom is -0.342 e. The molecule has 6 heteroatoms. The summed E-state index contributed by atoms with van der Waals surface area (Å²) in [4.78, 5) is 20.6. The van der Waals surface area contributed by atoms with Gasteiger partial charge in [-0.15, -0.1) is 0 Å². The van der Waals surface area contributed by atoms with Crippen molar-refractivity contribution in [2.75, 3.05) is 40.3 Å². The van der Waals surface area contributed by atoms with Crippen LogP contribution in [0.3, 0.4) is 0 Å². The van der Waals surface area contributed by atoms with E-state index in [1.165, 1.54) is 43.5 Å². The Morgan fingerprint density at radius 3 is 2.62 bits per heavy atom. The first-order valence-corrected chi connectivity index (χ1v) is 11.5. The van der Waals surface area contributed by atoms with Gasteiger partial charge in [-0.1, -0.05) is 6.42 Å². The van der Waals surface area contributed by atoms with Crippen LogP contribution in [0, 0.1) is 25.7 Å². The smallest absolute Gasteiger partial charge is 0.222 e. The molecule has 4 atom stereocenters. The lowest BCUT2D eigenvalue weighted by Gasteiger charge is -2.57. The summed E-state index contributed by atoms with van der Waals surface area (Å²) in [5.41, 5.74) is 3.51. The molecule has 0 saturated carbocycles. The molecule has 3 aliphatic rings. The summed E-state index contributed by atoms with van der Waals surface area (Å²) in [6, 6.07) is 1.29. The zero-order valence-corrected chi connectivity index (χ0v) is 19.0. The van der Waals surface area contributed by atoms with E-state index in [9.17, 15) is 4.79 Å². The molecule has 1 aromatic rings. The molecule has 3 aliphatic heterocycles. The number of likely N-dealkylation sites (tertiary alicyclic amines) is 1. The predicted molar refractivity (Wildman–Crippen MR) is 116 cm³/mol. The first-order valence-electron chi connectivity index (χ1n) is 11.5. The van der Waals surface area contributed by atoms with Gasteiger partial charge in [0.2, 0.25) is 5.91 Å². The molecule has 0 spiro atoms. The van der Waals surface area contributed by atoms with Gasteiger partial charge in [-0.05, 0) is 77.6 Å². The van der Waals surface area contributed by atoms with Crippen molar-refractivity contribution in [3.05, 3.63) is 17.0 Å². The second kappa shape index (κ2) is 8.38. The molecular formula is C23H39N5O. The number of carbonyl (C=O) groups excluding carboxylic acids is 1. The van der Waals surface area contributed by atoms with E-state index in [4.69, 9.17) is 0 Å². The second-order valence-electron chi connectivity index (χ2n) is 9.96. The monoisotopic (exact) mass is 401 g/mol. The highest BCUT2D eigenvalue weighted by atomic mass is 16.2. The van der Waals surface area contributed by atoms with Crippen LogP contribution in [-0.4, -0.2) is 82.7 Å². The van der Waals surface area contributed by atoms with Crippen molar-refractivity contribution in [3.63, 3.8) is 0 Å². The Morgan fingerprint density at radius 2 is 1.93 bits per heavy atom. The fraction of sp³-hybridized carbons (Fsp3) is 0.826. The van der Waals surface area contributed by atoms with Crippen molar-refractivity contribution in [2.24, 2.45) is 18.9 Å². The fourth-order valence-corrected chi connectivity index (χ4v) is 6.31. The quantitative estimate of drug-likeness (QED) is 0.759. The van der Waals surface area contributed by atoms with Gasteiger partial charge in [0.15, 0.2) is 0 Å². The molecule has 0 N–H and O–H groups in total. The van der Waals surface area contributed by atoms with E-state index in [1.54, 1.807) is 0 Å². The van der Waals surface area contributed by atoms with Gasteiger partial charge in [-0.3, -0.25) is 14.4 Å². The molecule has 4 heterocycles. The fourth-order valence-electron chi connectivity index (χ4n) is 6.31. The van der Waals surface area contributed by atoms with Gasteiger partial charge >= 0.3 is 0 Å². The molecule has 29 heavy (non-hydrogen) atoms. The third-order valence-electron chi connectivity index (χ3n) is 7.77. The van der Waals surface area contributed by atoms with Gasteiger partial charge in [0.25, 0.3) is 0 Å². The number of hydrogen-bond acceptors (Lipinski definition) is 4. The molecule has 0 unspecified atom stereocenters. The summed E-state index contributed by atoms with van der Waals surface area (Å²) in [6.07, 6.45) is 6.74. The van der Waals surface area contributed by atoms with E-state index in [-0.39, 0.29) is 0 Å². The summed E-state index contributed by atoms with van der Waals surface area (Å²) in [6.45, 7) is 8.45. The molecule has 6 nitrogen and oxygen atoms in total. The number of fused-ring (bicyclic) bond motifs is 4. The van der Waals surface area contributed by atoms with Crippen LogP contribution >= 0.6 is 0 Å². The van der Waals surface area contributed by atoms with E-state index in [0.717, 1.165) is 31.7 Å². The molecule has 2 bridgehead atoms. The molecule has 4 rings (SSSR count). The highest BCUT2D eigenvalue weighted by Gasteiger charge is 2.47. The van der Waals surface area contributed by atoms with E-state index in [1.807, 2.05) is 11.7 Å². The van der Waals surface area contributed by atoms with Crippen LogP contribution in [0.15, 0.2) is 0 Å². The highest BCUT2D eigenvalue weighted by Crippen LogP contribution is 2.41. The van der Waals surface area contributed by atoms with Gasteiger partial charge in [0.1, 0.15) is 0 Å². The van der Waals surface area contributed by atoms with Crippen LogP contribution in [-0.2, 0) is 18.3 Å². The largest absolute Gasteiger partial charge is 0.342 e. The molecule has 1 aromatic heterocycles. The van der Waals surface area contributed by atoms with Crippen LogP contribution in [0.5, 0.6) is 0 Å². The molecular weight excluding hydrogens is 362 g/mol. The zero-order valence-electron chi connectivity index (χ0n) is 19.0. The number of carbonyl (C=O) groups is 1. The van der Waals surface area contributed by atoms with Crippen molar-refractivity contribution >= 4 is 5.91 Å². The van der Waals surface area contributed by atoms with E-state index in [0.29, 0.717) is 36.2 Å². The van der Waals surface area contributed by atoms with E-state index in [2.05, 4.69) is 47.7 Å². The predicted octanol–water partition coefficient (Wildman–Crippen LogP) is 2.23. The van der Waals surface area contributed by atoms with Gasteiger partial charge in [-0.2, -0.15) is 5.10 Å². The SMILES string of the molecule is Cc1nn(C)c(C)c1CCC(=O)N1C[C@H]2C[C@@H](C1)[C@H](CN(C)C)N1CCCC[C@@H]21. The molecule has 0 radical (unpaired) electrons. The van der Waals surface area contributed by atoms with Crippen molar-refractivity contribution in [1.82, 2.24) is 24.5 Å². The molecule has 3 saturated heterocycles. The first kappa shape index (κ1) is 20.9. The average Bonchev–Trinajstić information content (AvgIpc) is 2.94. The number of amides is 1. The third kappa shape index (κ3) is 4.11. The highest BCUT2D eigenvalue weighted by molar-refractivity contribution is 5.76. The number of hydrogen-bond donors (Lipinski definition) is 0. The third-order valence-corrected chi connectivity index (χ3v) is 7.77. The molecule has 1 amide bonds. The molecule has 3 fully saturated rings. The number of piperidine rings is 3. The van der Waals surface area contributed by atoms with Gasteiger partial charge in [0.05, 0.1) is 5.69 Å². The van der Waals surface area contributed by atoms with E-state index >= 15 is 0 Å². The Balaban J connectivity index is 1.45. The van der Waals surface area contributed by atoms with Crippen molar-refractivity contribution in [3.8, 4) is 0 Å². The summed E-state index contributed by atoms with van der Waals surface area (Å²) < 4.78 is 1.93. The van der Waals surface area contributed by atoms with E-state index < -0.39 is 0 Å². The van der Waals surface area contributed by atoms with Crippen LogP contribution in [0.25, 0.3) is 0 Å². The Kier molecular flexibility index (Phi) is 6.03. The van der Waals surface area contributed by atoms with Crippen LogP contribution in [0.2, 0.25) is 0 Å². The maximum absolute atomic E-state index is 13.2. The van der Waals surface area contributed by atoms with Gasteiger partial charge in [0, 0.05) is 50.9 Å². The summed E-state index contributed by atoms with van der Waals surface area (Å²) in [5, 5.41) is 4.51. The molecule has 0 aromatic carbocycles. The summed E-state index contributed by atoms with van der Waals surface area (Å²) >= 11 is 0. The zero-order chi connectivity index (χ0) is 20.7. The summed E-state index contributed by atoms with van der Waals surface area (Å²) in [7, 11) is 6.37.